The van der Waals surface area contributed by atoms with Gasteiger partial charge in [0.05, 0.1) is 0 Å². The van der Waals surface area contributed by atoms with Gasteiger partial charge in [-0.2, -0.15) is 0 Å². The van der Waals surface area contributed by atoms with Crippen LogP contribution in [0.15, 0.2) is 66.2 Å². The van der Waals surface area contributed by atoms with E-state index in [1.54, 1.807) is 13.0 Å². The molecule has 0 amide bonds. The molecule has 0 atom stereocenters. The molecule has 2 nitrogen and oxygen atoms in total. The summed E-state index contributed by atoms with van der Waals surface area (Å²) in [5.41, 5.74) is 6.55. The third-order valence-electron chi connectivity index (χ3n) is 6.28. The van der Waals surface area contributed by atoms with E-state index in [4.69, 9.17) is 0 Å². The first-order chi connectivity index (χ1) is 15.9. The summed E-state index contributed by atoms with van der Waals surface area (Å²) in [5.74, 6) is 0.246. The molecule has 0 heterocycles. The molecule has 0 radical (unpaired) electrons. The minimum Gasteiger partial charge on any atom is -0.295 e. The van der Waals surface area contributed by atoms with Crippen molar-refractivity contribution < 1.29 is 12.4 Å². The van der Waals surface area contributed by atoms with Crippen molar-refractivity contribution in [2.75, 3.05) is 0 Å². The molecule has 0 aromatic heterocycles. The van der Waals surface area contributed by atoms with Gasteiger partial charge in [0.15, 0.2) is 11.6 Å². The van der Waals surface area contributed by atoms with Crippen molar-refractivity contribution in [2.45, 2.75) is 72.6 Å². The number of benzene rings is 3. The quantitative estimate of drug-likeness (QED) is 0.369. The van der Waals surface area contributed by atoms with Crippen LogP contribution in [-0.2, 0) is 6.42 Å². The summed E-state index contributed by atoms with van der Waals surface area (Å²) in [5, 5.41) is 2.52. The second kappa shape index (κ2) is 11.7. The maximum absolute atomic E-state index is 12.8. The Balaban J connectivity index is 0.00000117. The molecular weight excluding hydrogens is 404 g/mol. The van der Waals surface area contributed by atoms with E-state index in [-0.39, 0.29) is 14.4 Å². The van der Waals surface area contributed by atoms with Crippen molar-refractivity contribution in [2.24, 2.45) is 0 Å². The van der Waals surface area contributed by atoms with Gasteiger partial charge >= 0.3 is 0 Å². The van der Waals surface area contributed by atoms with Crippen molar-refractivity contribution in [1.82, 2.24) is 0 Å². The third-order valence-corrected chi connectivity index (χ3v) is 6.28. The highest BCUT2D eigenvalue weighted by Gasteiger charge is 2.16. The molecule has 176 valence electrons. The molecule has 4 rings (SSSR count). The van der Waals surface area contributed by atoms with Crippen molar-refractivity contribution in [3.8, 4) is 0 Å². The average Bonchev–Trinajstić information content (AvgIpc) is 2.84. The number of aryl methyl sites for hydroxylation is 1. The van der Waals surface area contributed by atoms with E-state index in [1.807, 2.05) is 12.1 Å². The monoisotopic (exact) mass is 444 g/mol. The maximum Gasteiger partial charge on any atom is 0.163 e. The molecule has 0 unspecified atom stereocenters. The van der Waals surface area contributed by atoms with Crippen molar-refractivity contribution in [3.63, 3.8) is 0 Å². The second-order valence-electron chi connectivity index (χ2n) is 9.09. The van der Waals surface area contributed by atoms with Gasteiger partial charge in [0, 0.05) is 20.4 Å². The van der Waals surface area contributed by atoms with Gasteiger partial charge in [0.25, 0.3) is 0 Å². The van der Waals surface area contributed by atoms with E-state index in [1.165, 1.54) is 33.9 Å². The lowest BCUT2D eigenvalue weighted by Gasteiger charge is -2.14. The Morgan fingerprint density at radius 1 is 0.848 bits per heavy atom. The van der Waals surface area contributed by atoms with E-state index in [2.05, 4.69) is 63.2 Å². The van der Waals surface area contributed by atoms with Crippen LogP contribution in [0.2, 0.25) is 0 Å². The van der Waals surface area contributed by atoms with Crippen LogP contribution in [0.5, 0.6) is 0 Å². The molecule has 3 aromatic rings. The van der Waals surface area contributed by atoms with Crippen molar-refractivity contribution >= 4 is 27.9 Å². The van der Waals surface area contributed by atoms with Crippen molar-refractivity contribution in [1.29, 1.82) is 0 Å². The SMILES string of the molecule is CC(=O)c1ccc2c(c1)CCC(C)=C(c1ccc3ccccc3c1)CCCCC2=O.CCC.[HH].[HH]. The predicted molar refractivity (Wildman–Crippen MR) is 144 cm³/mol. The number of carbonyl (C=O) groups is 2. The number of Topliss-reactive ketones (excluding diaryl/α,β-unsaturated/α-hetero) is 2. The topological polar surface area (TPSA) is 34.1 Å². The molecule has 0 aliphatic heterocycles. The summed E-state index contributed by atoms with van der Waals surface area (Å²) in [7, 11) is 0. The molecule has 0 spiro atoms. The molecule has 0 saturated carbocycles. The van der Waals surface area contributed by atoms with Gasteiger partial charge in [-0.25, -0.2) is 0 Å². The predicted octanol–water partition coefficient (Wildman–Crippen LogP) is 9.11. The number of hydrogen-bond acceptors (Lipinski definition) is 2. The van der Waals surface area contributed by atoms with Crippen LogP contribution < -0.4 is 0 Å². The first-order valence-corrected chi connectivity index (χ1v) is 12.3. The van der Waals surface area contributed by atoms with Gasteiger partial charge in [0.2, 0.25) is 0 Å². The lowest BCUT2D eigenvalue weighted by Crippen LogP contribution is -2.06. The maximum atomic E-state index is 12.8. The fourth-order valence-electron chi connectivity index (χ4n) is 4.47. The molecule has 0 saturated heterocycles. The Morgan fingerprint density at radius 3 is 2.27 bits per heavy atom. The van der Waals surface area contributed by atoms with Crippen LogP contribution in [0.25, 0.3) is 16.3 Å². The van der Waals surface area contributed by atoms with Gasteiger partial charge in [0.1, 0.15) is 0 Å². The van der Waals surface area contributed by atoms with Crippen LogP contribution in [0.4, 0.5) is 0 Å². The highest BCUT2D eigenvalue weighted by Crippen LogP contribution is 2.31. The lowest BCUT2D eigenvalue weighted by molar-refractivity contribution is 0.0975. The number of ketones is 2. The van der Waals surface area contributed by atoms with E-state index < -0.39 is 0 Å². The second-order valence-corrected chi connectivity index (χ2v) is 9.09. The standard InChI is InChI=1S/C28H28O2.C3H8.2H2/c1-19-11-12-25-17-22(20(2)29)15-16-27(25)28(30)10-6-5-9-26(19)24-14-13-21-7-3-4-8-23(21)18-24;1-3-2;;/h3-4,7-8,13-18H,5-6,9-12H2,1-2H3;3H2,1-2H3;2*1H. The normalized spacial score (nSPS) is 14.7. The zero-order valence-corrected chi connectivity index (χ0v) is 20.5. The zero-order valence-electron chi connectivity index (χ0n) is 20.5. The Bertz CT molecular complexity index is 1180. The number of allylic oxidation sites excluding steroid dienone is 2. The van der Waals surface area contributed by atoms with Crippen LogP contribution in [0.1, 0.15) is 101 Å². The third kappa shape index (κ3) is 6.28. The molecule has 0 fully saturated rings. The van der Waals surface area contributed by atoms with Crippen LogP contribution >= 0.6 is 0 Å². The number of rotatable bonds is 2. The fraction of sp³-hybridized carbons (Fsp3) is 0.355. The number of fused-ring (bicyclic) bond motifs is 2. The van der Waals surface area contributed by atoms with E-state index >= 15 is 0 Å². The summed E-state index contributed by atoms with van der Waals surface area (Å²) in [4.78, 5) is 24.7. The molecular formula is C31H40O2. The molecule has 3 aromatic carbocycles. The van der Waals surface area contributed by atoms with Gasteiger partial charge in [-0.15, -0.1) is 0 Å². The smallest absolute Gasteiger partial charge is 0.163 e. The number of carbonyl (C=O) groups excluding carboxylic acids is 2. The van der Waals surface area contributed by atoms with Gasteiger partial charge < -0.3 is 0 Å². The molecule has 1 aliphatic rings. The van der Waals surface area contributed by atoms with Crippen LogP contribution in [-0.4, -0.2) is 11.6 Å². The highest BCUT2D eigenvalue weighted by atomic mass is 16.1. The molecule has 33 heavy (non-hydrogen) atoms. The Kier molecular flexibility index (Phi) is 8.77. The van der Waals surface area contributed by atoms with Crippen molar-refractivity contribution in [3.05, 3.63) is 88.5 Å². The lowest BCUT2D eigenvalue weighted by atomic mass is 9.91. The summed E-state index contributed by atoms with van der Waals surface area (Å²) in [6, 6.07) is 20.8. The number of hydrogen-bond donors (Lipinski definition) is 0. The first kappa shape index (κ1) is 24.6. The van der Waals surface area contributed by atoms with Gasteiger partial charge in [-0.1, -0.05) is 74.4 Å². The van der Waals surface area contributed by atoms with Gasteiger partial charge in [-0.3, -0.25) is 9.59 Å². The Hall–Kier alpha value is -3.00. The molecule has 0 N–H and O–H groups in total. The summed E-state index contributed by atoms with van der Waals surface area (Å²) >= 11 is 0. The fourth-order valence-corrected chi connectivity index (χ4v) is 4.47. The van der Waals surface area contributed by atoms with Crippen LogP contribution in [0.3, 0.4) is 0 Å². The van der Waals surface area contributed by atoms with E-state index in [0.29, 0.717) is 12.0 Å². The molecule has 2 heteroatoms. The summed E-state index contributed by atoms with van der Waals surface area (Å²) in [6.07, 6.45) is 6.38. The minimum atomic E-state index is 0. The summed E-state index contributed by atoms with van der Waals surface area (Å²) in [6.45, 7) is 8.05. The average molecular weight is 445 g/mol. The zero-order chi connectivity index (χ0) is 23.8. The minimum absolute atomic E-state index is 0. The molecule has 0 bridgehead atoms. The first-order valence-electron chi connectivity index (χ1n) is 12.3. The summed E-state index contributed by atoms with van der Waals surface area (Å²) < 4.78 is 0. The Labute approximate surface area is 201 Å². The van der Waals surface area contributed by atoms with Crippen LogP contribution in [0, 0.1) is 0 Å². The Morgan fingerprint density at radius 2 is 1.55 bits per heavy atom. The van der Waals surface area contributed by atoms with E-state index in [9.17, 15) is 9.59 Å². The van der Waals surface area contributed by atoms with Gasteiger partial charge in [-0.05, 0) is 85.6 Å². The molecule has 1 aliphatic carbocycles. The van der Waals surface area contributed by atoms with E-state index in [0.717, 1.165) is 43.2 Å². The largest absolute Gasteiger partial charge is 0.295 e. The highest BCUT2D eigenvalue weighted by molar-refractivity contribution is 6.00.